The number of nitrogens with zero attached hydrogens (tertiary/aromatic N) is 2. The van der Waals surface area contributed by atoms with Gasteiger partial charge >= 0.3 is 0 Å². The minimum atomic E-state index is -0.486. The minimum absolute atomic E-state index is 0.0838. The molecule has 2 aliphatic rings. The molecule has 1 saturated carbocycles. The van der Waals surface area contributed by atoms with Crippen molar-refractivity contribution in [1.82, 2.24) is 5.32 Å². The number of thiol groups is 1. The van der Waals surface area contributed by atoms with Crippen molar-refractivity contribution < 1.29 is 4.79 Å². The number of anilines is 1. The molecule has 1 aromatic carbocycles. The molecule has 0 aromatic heterocycles. The van der Waals surface area contributed by atoms with E-state index in [1.807, 2.05) is 6.07 Å². The number of amides is 1. The molecule has 4 nitrogen and oxygen atoms in total. The lowest BCUT2D eigenvalue weighted by atomic mass is 9.80. The van der Waals surface area contributed by atoms with Crippen molar-refractivity contribution in [2.45, 2.75) is 58.0 Å². The molecule has 0 atom stereocenters. The van der Waals surface area contributed by atoms with Crippen molar-refractivity contribution in [3.05, 3.63) is 40.4 Å². The highest BCUT2D eigenvalue weighted by Gasteiger charge is 2.46. The molecule has 0 saturated heterocycles. The summed E-state index contributed by atoms with van der Waals surface area (Å²) >= 11 is 4.60. The fraction of sp³-hybridized carbons (Fsp3) is 0.500. The maximum atomic E-state index is 12.4. The van der Waals surface area contributed by atoms with Gasteiger partial charge in [-0.05, 0) is 55.2 Å². The van der Waals surface area contributed by atoms with E-state index < -0.39 is 5.66 Å². The summed E-state index contributed by atoms with van der Waals surface area (Å²) in [6, 6.07) is 10.4. The van der Waals surface area contributed by atoms with Crippen LogP contribution in [0.5, 0.6) is 0 Å². The van der Waals surface area contributed by atoms with Crippen LogP contribution in [-0.4, -0.2) is 11.6 Å². The summed E-state index contributed by atoms with van der Waals surface area (Å²) in [5.41, 5.74) is 1.83. The highest BCUT2D eigenvalue weighted by atomic mass is 32.1. The average Bonchev–Trinajstić information content (AvgIpc) is 2.58. The number of carbonyl (C=O) groups is 1. The summed E-state index contributed by atoms with van der Waals surface area (Å²) in [4.78, 5) is 14.5. The second-order valence-corrected chi connectivity index (χ2v) is 7.98. The van der Waals surface area contributed by atoms with Gasteiger partial charge in [0.15, 0.2) is 0 Å². The van der Waals surface area contributed by atoms with E-state index in [1.165, 1.54) is 5.56 Å². The number of nitriles is 1. The Morgan fingerprint density at radius 3 is 2.40 bits per heavy atom. The van der Waals surface area contributed by atoms with Gasteiger partial charge in [-0.15, -0.1) is 12.6 Å². The van der Waals surface area contributed by atoms with Crippen LogP contribution in [0.3, 0.4) is 0 Å². The lowest BCUT2D eigenvalue weighted by molar-refractivity contribution is -0.120. The first kappa shape index (κ1) is 17.9. The van der Waals surface area contributed by atoms with E-state index in [1.54, 1.807) is 0 Å². The molecule has 1 heterocycles. The van der Waals surface area contributed by atoms with Crippen LogP contribution < -0.4 is 10.2 Å². The Bertz CT molecular complexity index is 737. The number of rotatable bonds is 2. The summed E-state index contributed by atoms with van der Waals surface area (Å²) in [6.45, 7) is 6.58. The second kappa shape index (κ2) is 6.76. The average molecular weight is 356 g/mol. The van der Waals surface area contributed by atoms with Crippen molar-refractivity contribution in [1.29, 1.82) is 5.26 Å². The number of benzene rings is 1. The summed E-state index contributed by atoms with van der Waals surface area (Å²) in [6.07, 6.45) is 3.80. The number of hydrogen-bond acceptors (Lipinski definition) is 4. The van der Waals surface area contributed by atoms with Crippen molar-refractivity contribution >= 4 is 24.2 Å². The van der Waals surface area contributed by atoms with Gasteiger partial charge in [0.25, 0.3) is 5.91 Å². The van der Waals surface area contributed by atoms with Crippen molar-refractivity contribution in [3.8, 4) is 6.07 Å². The van der Waals surface area contributed by atoms with Crippen LogP contribution in [0.15, 0.2) is 34.9 Å². The Kier molecular flexibility index (Phi) is 4.83. The zero-order chi connectivity index (χ0) is 18.2. The molecule has 0 unspecified atom stereocenters. The Morgan fingerprint density at radius 2 is 1.88 bits per heavy atom. The maximum Gasteiger partial charge on any atom is 0.266 e. The first-order valence-corrected chi connectivity index (χ1v) is 9.39. The molecule has 1 fully saturated rings. The van der Waals surface area contributed by atoms with E-state index in [0.29, 0.717) is 16.9 Å². The third kappa shape index (κ3) is 3.16. The van der Waals surface area contributed by atoms with Crippen LogP contribution in [0.1, 0.15) is 57.9 Å². The summed E-state index contributed by atoms with van der Waals surface area (Å²) in [5.74, 6) is 0.801. The minimum Gasteiger partial charge on any atom is -0.328 e. The van der Waals surface area contributed by atoms with Crippen LogP contribution in [0.4, 0.5) is 5.69 Å². The molecule has 5 heteroatoms. The molecule has 1 spiro atoms. The van der Waals surface area contributed by atoms with Crippen LogP contribution in [0, 0.1) is 17.2 Å². The maximum absolute atomic E-state index is 12.4. The fourth-order valence-corrected chi connectivity index (χ4v) is 4.27. The van der Waals surface area contributed by atoms with Crippen LogP contribution in [-0.2, 0) is 4.79 Å². The van der Waals surface area contributed by atoms with E-state index in [-0.39, 0.29) is 11.5 Å². The largest absolute Gasteiger partial charge is 0.328 e. The molecule has 3 rings (SSSR count). The van der Waals surface area contributed by atoms with Gasteiger partial charge in [-0.3, -0.25) is 4.79 Å². The van der Waals surface area contributed by atoms with Crippen LogP contribution in [0.2, 0.25) is 0 Å². The zero-order valence-electron chi connectivity index (χ0n) is 15.0. The SMILES string of the molecule is CC1CCC2(CC1)NC(=O)C(C#N)=C(S)N2c1ccc(C(C)C)cc1. The molecule has 1 N–H and O–H groups in total. The Balaban J connectivity index is 2.08. The quantitative estimate of drug-likeness (QED) is 0.777. The Hall–Kier alpha value is -1.93. The summed E-state index contributed by atoms with van der Waals surface area (Å²) < 4.78 is 0. The molecule has 132 valence electrons. The van der Waals surface area contributed by atoms with E-state index >= 15 is 0 Å². The standard InChI is InChI=1S/C20H25N3OS/c1-13(2)15-4-6-16(7-5-15)23-19(25)17(12-21)18(24)22-20(23)10-8-14(3)9-11-20/h4-7,13-14,25H,8-11H2,1-3H3,(H,22,24). The van der Waals surface area contributed by atoms with Gasteiger partial charge in [0.05, 0.1) is 5.03 Å². The number of hydrogen-bond donors (Lipinski definition) is 2. The number of carbonyl (C=O) groups excluding carboxylic acids is 1. The van der Waals surface area contributed by atoms with Gasteiger partial charge < -0.3 is 10.2 Å². The predicted molar refractivity (Wildman–Crippen MR) is 103 cm³/mol. The molecule has 0 bridgehead atoms. The first-order valence-electron chi connectivity index (χ1n) is 8.94. The molecule has 25 heavy (non-hydrogen) atoms. The molecule has 1 aliphatic carbocycles. The van der Waals surface area contributed by atoms with Gasteiger partial charge in [0, 0.05) is 5.69 Å². The highest BCUT2D eigenvalue weighted by molar-refractivity contribution is 7.84. The van der Waals surface area contributed by atoms with E-state index in [2.05, 4.69) is 67.9 Å². The van der Waals surface area contributed by atoms with Crippen LogP contribution in [0.25, 0.3) is 0 Å². The molecule has 0 radical (unpaired) electrons. The molecular formula is C20H25N3OS. The zero-order valence-corrected chi connectivity index (χ0v) is 15.9. The summed E-state index contributed by atoms with van der Waals surface area (Å²) in [5, 5.41) is 13.0. The molecule has 1 aromatic rings. The molecule has 1 aliphatic heterocycles. The van der Waals surface area contributed by atoms with Crippen LogP contribution >= 0.6 is 12.6 Å². The van der Waals surface area contributed by atoms with Crippen molar-refractivity contribution in [2.75, 3.05) is 4.90 Å². The third-order valence-corrected chi connectivity index (χ3v) is 5.89. The number of nitrogens with one attached hydrogen (secondary N) is 1. The van der Waals surface area contributed by atoms with E-state index in [9.17, 15) is 10.1 Å². The lowest BCUT2D eigenvalue weighted by Crippen LogP contribution is -2.64. The van der Waals surface area contributed by atoms with E-state index in [4.69, 9.17) is 0 Å². The second-order valence-electron chi connectivity index (χ2n) is 7.56. The Labute approximate surface area is 155 Å². The smallest absolute Gasteiger partial charge is 0.266 e. The first-order chi connectivity index (χ1) is 11.9. The van der Waals surface area contributed by atoms with Gasteiger partial charge in [-0.2, -0.15) is 5.26 Å². The monoisotopic (exact) mass is 355 g/mol. The van der Waals surface area contributed by atoms with Gasteiger partial charge in [-0.25, -0.2) is 0 Å². The molecular weight excluding hydrogens is 330 g/mol. The van der Waals surface area contributed by atoms with Gasteiger partial charge in [0.1, 0.15) is 17.3 Å². The predicted octanol–water partition coefficient (Wildman–Crippen LogP) is 4.32. The lowest BCUT2D eigenvalue weighted by Gasteiger charge is -2.51. The van der Waals surface area contributed by atoms with Crippen molar-refractivity contribution in [3.63, 3.8) is 0 Å². The van der Waals surface area contributed by atoms with E-state index in [0.717, 1.165) is 31.4 Å². The highest BCUT2D eigenvalue weighted by Crippen LogP contribution is 2.43. The Morgan fingerprint density at radius 1 is 1.28 bits per heavy atom. The third-order valence-electron chi connectivity index (χ3n) is 5.47. The van der Waals surface area contributed by atoms with Gasteiger partial charge in [0.2, 0.25) is 0 Å². The molecule has 1 amide bonds. The van der Waals surface area contributed by atoms with Crippen molar-refractivity contribution in [2.24, 2.45) is 5.92 Å². The van der Waals surface area contributed by atoms with Gasteiger partial charge in [-0.1, -0.05) is 32.9 Å². The normalized spacial score (nSPS) is 26.8. The topological polar surface area (TPSA) is 56.1 Å². The summed E-state index contributed by atoms with van der Waals surface area (Å²) in [7, 11) is 0. The fourth-order valence-electron chi connectivity index (χ4n) is 3.81.